The van der Waals surface area contributed by atoms with Crippen molar-refractivity contribution in [2.45, 2.75) is 26.4 Å². The van der Waals surface area contributed by atoms with Crippen molar-refractivity contribution in [2.24, 2.45) is 5.92 Å². The molecule has 0 radical (unpaired) electrons. The van der Waals surface area contributed by atoms with E-state index in [9.17, 15) is 23.2 Å². The fourth-order valence-electron chi connectivity index (χ4n) is 2.99. The van der Waals surface area contributed by atoms with Crippen LogP contribution in [0.25, 0.3) is 0 Å². The lowest BCUT2D eigenvalue weighted by Crippen LogP contribution is -2.33. The standard InChI is InChI=1S/C21H20F2N2O4/c1-12-3-6-16(7-4-12)25-11-14(9-19(25)26)21(28)29-13(2)20(27)24-18-10-15(22)5-8-17(18)23/h3-8,10,13-14H,9,11H2,1-2H3,(H,24,27)/t13-,14-/m0/s1. The summed E-state index contributed by atoms with van der Waals surface area (Å²) in [7, 11) is 0. The van der Waals surface area contributed by atoms with Gasteiger partial charge in [-0.05, 0) is 38.1 Å². The lowest BCUT2D eigenvalue weighted by molar-refractivity contribution is -0.157. The summed E-state index contributed by atoms with van der Waals surface area (Å²) in [6.45, 7) is 3.39. The summed E-state index contributed by atoms with van der Waals surface area (Å²) < 4.78 is 32.0. The van der Waals surface area contributed by atoms with E-state index in [0.29, 0.717) is 5.69 Å². The van der Waals surface area contributed by atoms with Crippen LogP contribution in [0.2, 0.25) is 0 Å². The molecule has 2 aromatic carbocycles. The Morgan fingerprint density at radius 2 is 1.86 bits per heavy atom. The van der Waals surface area contributed by atoms with Crippen LogP contribution < -0.4 is 10.2 Å². The lowest BCUT2D eigenvalue weighted by Gasteiger charge is -2.18. The molecule has 0 aliphatic carbocycles. The van der Waals surface area contributed by atoms with Crippen LogP contribution in [-0.2, 0) is 19.1 Å². The Kier molecular flexibility index (Phi) is 5.91. The topological polar surface area (TPSA) is 75.7 Å². The van der Waals surface area contributed by atoms with Gasteiger partial charge in [-0.2, -0.15) is 0 Å². The third kappa shape index (κ3) is 4.77. The number of anilines is 2. The first-order valence-corrected chi connectivity index (χ1v) is 9.08. The minimum Gasteiger partial charge on any atom is -0.452 e. The van der Waals surface area contributed by atoms with E-state index in [4.69, 9.17) is 4.74 Å². The molecule has 2 amide bonds. The molecule has 2 aromatic rings. The van der Waals surface area contributed by atoms with Crippen molar-refractivity contribution >= 4 is 29.2 Å². The summed E-state index contributed by atoms with van der Waals surface area (Å²) in [6, 6.07) is 9.96. The Labute approximate surface area is 166 Å². The van der Waals surface area contributed by atoms with Crippen LogP contribution in [0.15, 0.2) is 42.5 Å². The molecule has 1 heterocycles. The number of carbonyl (C=O) groups is 3. The van der Waals surface area contributed by atoms with Crippen molar-refractivity contribution in [3.8, 4) is 0 Å². The van der Waals surface area contributed by atoms with E-state index in [1.165, 1.54) is 11.8 Å². The predicted molar refractivity (Wildman–Crippen MR) is 102 cm³/mol. The van der Waals surface area contributed by atoms with E-state index in [0.717, 1.165) is 23.8 Å². The third-order valence-corrected chi connectivity index (χ3v) is 4.65. The van der Waals surface area contributed by atoms with Gasteiger partial charge < -0.3 is 15.0 Å². The molecular formula is C21H20F2N2O4. The first-order chi connectivity index (χ1) is 13.7. The zero-order chi connectivity index (χ0) is 21.1. The average Bonchev–Trinajstić information content (AvgIpc) is 3.07. The number of esters is 1. The summed E-state index contributed by atoms with van der Waals surface area (Å²) in [5.41, 5.74) is 1.38. The van der Waals surface area contributed by atoms with Crippen molar-refractivity contribution in [1.29, 1.82) is 0 Å². The van der Waals surface area contributed by atoms with Gasteiger partial charge in [0.05, 0.1) is 11.6 Å². The smallest absolute Gasteiger partial charge is 0.312 e. The van der Waals surface area contributed by atoms with Crippen LogP contribution in [0, 0.1) is 24.5 Å². The van der Waals surface area contributed by atoms with Crippen LogP contribution in [0.4, 0.5) is 20.2 Å². The van der Waals surface area contributed by atoms with E-state index in [-0.39, 0.29) is 24.6 Å². The van der Waals surface area contributed by atoms with Gasteiger partial charge in [-0.25, -0.2) is 8.78 Å². The number of nitrogens with one attached hydrogen (secondary N) is 1. The van der Waals surface area contributed by atoms with Crippen LogP contribution >= 0.6 is 0 Å². The van der Waals surface area contributed by atoms with Crippen LogP contribution in [0.3, 0.4) is 0 Å². The van der Waals surface area contributed by atoms with E-state index in [2.05, 4.69) is 5.32 Å². The number of amides is 2. The highest BCUT2D eigenvalue weighted by atomic mass is 19.1. The summed E-state index contributed by atoms with van der Waals surface area (Å²) in [5, 5.41) is 2.19. The second-order valence-electron chi connectivity index (χ2n) is 6.93. The number of hydrogen-bond donors (Lipinski definition) is 1. The molecule has 1 N–H and O–H groups in total. The molecule has 1 aliphatic rings. The van der Waals surface area contributed by atoms with Crippen molar-refractivity contribution in [3.63, 3.8) is 0 Å². The van der Waals surface area contributed by atoms with Gasteiger partial charge in [0, 0.05) is 24.7 Å². The number of carbonyl (C=O) groups excluding carboxylic acids is 3. The fraction of sp³-hybridized carbons (Fsp3) is 0.286. The van der Waals surface area contributed by atoms with E-state index >= 15 is 0 Å². The molecule has 1 aliphatic heterocycles. The highest BCUT2D eigenvalue weighted by Crippen LogP contribution is 2.26. The molecule has 1 saturated heterocycles. The fourth-order valence-corrected chi connectivity index (χ4v) is 2.99. The zero-order valence-corrected chi connectivity index (χ0v) is 15.9. The molecule has 29 heavy (non-hydrogen) atoms. The molecule has 2 atom stereocenters. The van der Waals surface area contributed by atoms with E-state index in [1.807, 2.05) is 19.1 Å². The molecule has 152 valence electrons. The van der Waals surface area contributed by atoms with Gasteiger partial charge in [0.15, 0.2) is 6.10 Å². The molecule has 0 bridgehead atoms. The molecule has 0 unspecified atom stereocenters. The van der Waals surface area contributed by atoms with Crippen LogP contribution in [0.1, 0.15) is 18.9 Å². The SMILES string of the molecule is Cc1ccc(N2C[C@@H](C(=O)O[C@@H](C)C(=O)Nc3cc(F)ccc3F)CC2=O)cc1. The maximum absolute atomic E-state index is 13.6. The van der Waals surface area contributed by atoms with E-state index < -0.39 is 35.5 Å². The third-order valence-electron chi connectivity index (χ3n) is 4.65. The van der Waals surface area contributed by atoms with Crippen LogP contribution in [-0.4, -0.2) is 30.4 Å². The van der Waals surface area contributed by atoms with Crippen molar-refractivity contribution < 1.29 is 27.9 Å². The minimum atomic E-state index is -1.24. The summed E-state index contributed by atoms with van der Waals surface area (Å²) in [4.78, 5) is 38.3. The monoisotopic (exact) mass is 402 g/mol. The zero-order valence-electron chi connectivity index (χ0n) is 15.9. The van der Waals surface area contributed by atoms with Gasteiger partial charge in [-0.3, -0.25) is 14.4 Å². The quantitative estimate of drug-likeness (QED) is 0.780. The number of hydrogen-bond acceptors (Lipinski definition) is 4. The number of aryl methyl sites for hydroxylation is 1. The molecule has 1 fully saturated rings. The van der Waals surface area contributed by atoms with Crippen molar-refractivity contribution in [2.75, 3.05) is 16.8 Å². The van der Waals surface area contributed by atoms with Gasteiger partial charge in [-0.15, -0.1) is 0 Å². The van der Waals surface area contributed by atoms with Crippen molar-refractivity contribution in [3.05, 3.63) is 59.7 Å². The number of rotatable bonds is 5. The summed E-state index contributed by atoms with van der Waals surface area (Å²) in [5.74, 6) is -3.96. The molecular weight excluding hydrogens is 382 g/mol. The first-order valence-electron chi connectivity index (χ1n) is 9.08. The number of ether oxygens (including phenoxy) is 1. The van der Waals surface area contributed by atoms with Gasteiger partial charge in [0.2, 0.25) is 5.91 Å². The molecule has 0 saturated carbocycles. The molecule has 8 heteroatoms. The van der Waals surface area contributed by atoms with Gasteiger partial charge >= 0.3 is 5.97 Å². The molecule has 6 nitrogen and oxygen atoms in total. The van der Waals surface area contributed by atoms with Gasteiger partial charge in [0.25, 0.3) is 5.91 Å². The van der Waals surface area contributed by atoms with Gasteiger partial charge in [0.1, 0.15) is 11.6 Å². The van der Waals surface area contributed by atoms with Crippen LogP contribution in [0.5, 0.6) is 0 Å². The van der Waals surface area contributed by atoms with Crippen molar-refractivity contribution in [1.82, 2.24) is 0 Å². The normalized spacial score (nSPS) is 17.2. The Balaban J connectivity index is 1.59. The lowest BCUT2D eigenvalue weighted by atomic mass is 10.1. The first kappa shape index (κ1) is 20.4. The highest BCUT2D eigenvalue weighted by molar-refractivity contribution is 6.00. The van der Waals surface area contributed by atoms with Gasteiger partial charge in [-0.1, -0.05) is 17.7 Å². The minimum absolute atomic E-state index is 0.0282. The molecule has 3 rings (SSSR count). The number of nitrogens with zero attached hydrogens (tertiary/aromatic N) is 1. The number of halogens is 2. The second kappa shape index (κ2) is 8.38. The average molecular weight is 402 g/mol. The Morgan fingerprint density at radius 1 is 1.17 bits per heavy atom. The molecule has 0 spiro atoms. The predicted octanol–water partition coefficient (Wildman–Crippen LogP) is 3.20. The maximum Gasteiger partial charge on any atom is 0.312 e. The second-order valence-corrected chi connectivity index (χ2v) is 6.93. The maximum atomic E-state index is 13.6. The largest absolute Gasteiger partial charge is 0.452 e. The Morgan fingerprint density at radius 3 is 2.55 bits per heavy atom. The highest BCUT2D eigenvalue weighted by Gasteiger charge is 2.37. The summed E-state index contributed by atoms with van der Waals surface area (Å²) >= 11 is 0. The van der Waals surface area contributed by atoms with E-state index in [1.54, 1.807) is 12.1 Å². The number of benzene rings is 2. The summed E-state index contributed by atoms with van der Waals surface area (Å²) in [6.07, 6.45) is -1.27. The molecule has 0 aromatic heterocycles. The Hall–Kier alpha value is -3.29. The Bertz CT molecular complexity index is 946.